The number of hydrogen-bond donors (Lipinski definition) is 2. The summed E-state index contributed by atoms with van der Waals surface area (Å²) in [6.45, 7) is 3.49. The molecule has 0 spiro atoms. The molecule has 5 heteroatoms. The zero-order valence-corrected chi connectivity index (χ0v) is 15.4. The SMILES string of the molecule is CCOc1c(OC)cccc1C1NCCc2c1[nH]c1ccc(OC)cc21. The highest BCUT2D eigenvalue weighted by atomic mass is 16.5. The van der Waals surface area contributed by atoms with Crippen molar-refractivity contribution in [3.05, 3.63) is 53.2 Å². The first-order valence-electron chi connectivity index (χ1n) is 8.98. The number of H-pyrrole nitrogens is 1. The summed E-state index contributed by atoms with van der Waals surface area (Å²) in [5.74, 6) is 2.45. The fraction of sp³-hybridized carbons (Fsp3) is 0.333. The van der Waals surface area contributed by atoms with Crippen molar-refractivity contribution in [3.8, 4) is 17.2 Å². The average Bonchev–Trinajstić information content (AvgIpc) is 3.06. The van der Waals surface area contributed by atoms with Gasteiger partial charge in [-0.05, 0) is 43.2 Å². The lowest BCUT2D eigenvalue weighted by molar-refractivity contribution is 0.304. The van der Waals surface area contributed by atoms with Crippen LogP contribution < -0.4 is 19.5 Å². The van der Waals surface area contributed by atoms with Gasteiger partial charge in [-0.1, -0.05) is 12.1 Å². The molecule has 0 radical (unpaired) electrons. The van der Waals surface area contributed by atoms with Crippen LogP contribution in [0.25, 0.3) is 10.9 Å². The highest BCUT2D eigenvalue weighted by Crippen LogP contribution is 2.41. The van der Waals surface area contributed by atoms with Crippen molar-refractivity contribution in [3.63, 3.8) is 0 Å². The highest BCUT2D eigenvalue weighted by molar-refractivity contribution is 5.86. The summed E-state index contributed by atoms with van der Waals surface area (Å²) in [4.78, 5) is 3.61. The molecule has 0 aliphatic carbocycles. The normalized spacial score (nSPS) is 16.3. The lowest BCUT2D eigenvalue weighted by atomic mass is 9.93. The molecular weight excluding hydrogens is 328 g/mol. The fourth-order valence-corrected chi connectivity index (χ4v) is 3.82. The van der Waals surface area contributed by atoms with Crippen LogP contribution in [-0.2, 0) is 6.42 Å². The molecule has 1 aliphatic heterocycles. The Morgan fingerprint density at radius 3 is 2.77 bits per heavy atom. The molecule has 0 bridgehead atoms. The largest absolute Gasteiger partial charge is 0.497 e. The van der Waals surface area contributed by atoms with E-state index in [0.717, 1.165) is 41.3 Å². The highest BCUT2D eigenvalue weighted by Gasteiger charge is 2.28. The Kier molecular flexibility index (Phi) is 4.47. The number of aromatic nitrogens is 1. The van der Waals surface area contributed by atoms with Crippen molar-refractivity contribution >= 4 is 10.9 Å². The minimum Gasteiger partial charge on any atom is -0.497 e. The topological polar surface area (TPSA) is 55.5 Å². The Hall–Kier alpha value is -2.66. The molecule has 2 aromatic carbocycles. The molecule has 136 valence electrons. The molecule has 2 N–H and O–H groups in total. The lowest BCUT2D eigenvalue weighted by Gasteiger charge is -2.27. The van der Waals surface area contributed by atoms with Gasteiger partial charge in [-0.15, -0.1) is 0 Å². The van der Waals surface area contributed by atoms with Crippen LogP contribution in [0.3, 0.4) is 0 Å². The van der Waals surface area contributed by atoms with Crippen LogP contribution in [0.4, 0.5) is 0 Å². The smallest absolute Gasteiger partial charge is 0.166 e. The van der Waals surface area contributed by atoms with Gasteiger partial charge in [0.15, 0.2) is 11.5 Å². The lowest BCUT2D eigenvalue weighted by Crippen LogP contribution is -2.30. The van der Waals surface area contributed by atoms with Crippen LogP contribution in [0.2, 0.25) is 0 Å². The average molecular weight is 352 g/mol. The maximum atomic E-state index is 5.94. The molecule has 0 saturated heterocycles. The van der Waals surface area contributed by atoms with Crippen LogP contribution in [0.5, 0.6) is 17.2 Å². The van der Waals surface area contributed by atoms with Crippen LogP contribution >= 0.6 is 0 Å². The zero-order valence-electron chi connectivity index (χ0n) is 15.4. The van der Waals surface area contributed by atoms with Crippen LogP contribution in [-0.4, -0.2) is 32.4 Å². The van der Waals surface area contributed by atoms with E-state index in [0.29, 0.717) is 6.61 Å². The van der Waals surface area contributed by atoms with Gasteiger partial charge in [0, 0.05) is 28.7 Å². The summed E-state index contributed by atoms with van der Waals surface area (Å²) in [5.41, 5.74) is 4.75. The molecule has 26 heavy (non-hydrogen) atoms. The van der Waals surface area contributed by atoms with Gasteiger partial charge < -0.3 is 24.5 Å². The second-order valence-electron chi connectivity index (χ2n) is 6.38. The number of rotatable bonds is 5. The quantitative estimate of drug-likeness (QED) is 0.733. The standard InChI is InChI=1S/C21H24N2O3/c1-4-26-21-15(6-5-7-18(21)25-3)19-20-14(10-11-22-19)16-12-13(24-2)8-9-17(16)23-20/h5-9,12,19,22-23H,4,10-11H2,1-3H3. The molecule has 3 aromatic rings. The van der Waals surface area contributed by atoms with Gasteiger partial charge >= 0.3 is 0 Å². The second kappa shape index (κ2) is 6.92. The Morgan fingerprint density at radius 2 is 2.00 bits per heavy atom. The van der Waals surface area contributed by atoms with Gasteiger partial charge in [-0.2, -0.15) is 0 Å². The fourth-order valence-electron chi connectivity index (χ4n) is 3.82. The molecule has 2 heterocycles. The van der Waals surface area contributed by atoms with Crippen molar-refractivity contribution < 1.29 is 14.2 Å². The molecule has 1 unspecified atom stereocenters. The summed E-state index contributed by atoms with van der Waals surface area (Å²) in [5, 5.41) is 4.86. The summed E-state index contributed by atoms with van der Waals surface area (Å²) >= 11 is 0. The maximum absolute atomic E-state index is 5.94. The third-order valence-electron chi connectivity index (χ3n) is 4.99. The van der Waals surface area contributed by atoms with Crippen LogP contribution in [0, 0.1) is 0 Å². The minimum absolute atomic E-state index is 0.0359. The van der Waals surface area contributed by atoms with E-state index in [1.807, 2.05) is 25.1 Å². The second-order valence-corrected chi connectivity index (χ2v) is 6.38. The Balaban J connectivity index is 1.87. The van der Waals surface area contributed by atoms with Crippen molar-refractivity contribution in [1.82, 2.24) is 10.3 Å². The third-order valence-corrected chi connectivity index (χ3v) is 4.99. The molecule has 1 atom stereocenters. The van der Waals surface area contributed by atoms with Gasteiger partial charge in [-0.25, -0.2) is 0 Å². The van der Waals surface area contributed by atoms with Gasteiger partial charge in [0.05, 0.1) is 26.9 Å². The van der Waals surface area contributed by atoms with Crippen LogP contribution in [0.15, 0.2) is 36.4 Å². The van der Waals surface area contributed by atoms with E-state index in [1.165, 1.54) is 16.6 Å². The summed E-state index contributed by atoms with van der Waals surface area (Å²) < 4.78 is 16.9. The predicted octanol–water partition coefficient (Wildman–Crippen LogP) is 3.82. The number of fused-ring (bicyclic) bond motifs is 3. The van der Waals surface area contributed by atoms with E-state index in [2.05, 4.69) is 28.5 Å². The molecular formula is C21H24N2O3. The van der Waals surface area contributed by atoms with E-state index in [9.17, 15) is 0 Å². The number of ether oxygens (including phenoxy) is 3. The van der Waals surface area contributed by atoms with Crippen LogP contribution in [0.1, 0.15) is 29.8 Å². The van der Waals surface area contributed by atoms with Crippen molar-refractivity contribution in [1.29, 1.82) is 0 Å². The monoisotopic (exact) mass is 352 g/mol. The number of aromatic amines is 1. The third kappa shape index (κ3) is 2.69. The number of para-hydroxylation sites is 1. The molecule has 1 aliphatic rings. The van der Waals surface area contributed by atoms with E-state index in [4.69, 9.17) is 14.2 Å². The minimum atomic E-state index is 0.0359. The van der Waals surface area contributed by atoms with Gasteiger partial charge in [0.1, 0.15) is 5.75 Å². The number of hydrogen-bond acceptors (Lipinski definition) is 4. The molecule has 0 saturated carbocycles. The number of nitrogens with one attached hydrogen (secondary N) is 2. The Labute approximate surface area is 153 Å². The van der Waals surface area contributed by atoms with Gasteiger partial charge in [-0.3, -0.25) is 0 Å². The first kappa shape index (κ1) is 16.8. The predicted molar refractivity (Wildman–Crippen MR) is 103 cm³/mol. The molecule has 5 nitrogen and oxygen atoms in total. The molecule has 0 amide bonds. The van der Waals surface area contributed by atoms with Gasteiger partial charge in [0.2, 0.25) is 0 Å². The zero-order chi connectivity index (χ0) is 18.1. The molecule has 0 fully saturated rings. The number of benzene rings is 2. The van der Waals surface area contributed by atoms with E-state index >= 15 is 0 Å². The Morgan fingerprint density at radius 1 is 1.12 bits per heavy atom. The van der Waals surface area contributed by atoms with E-state index in [1.54, 1.807) is 14.2 Å². The number of methoxy groups -OCH3 is 2. The van der Waals surface area contributed by atoms with Crippen molar-refractivity contribution in [2.75, 3.05) is 27.4 Å². The van der Waals surface area contributed by atoms with Crippen molar-refractivity contribution in [2.45, 2.75) is 19.4 Å². The van der Waals surface area contributed by atoms with E-state index in [-0.39, 0.29) is 6.04 Å². The van der Waals surface area contributed by atoms with Gasteiger partial charge in [0.25, 0.3) is 0 Å². The summed E-state index contributed by atoms with van der Waals surface area (Å²) in [6, 6.07) is 12.3. The van der Waals surface area contributed by atoms with E-state index < -0.39 is 0 Å². The summed E-state index contributed by atoms with van der Waals surface area (Å²) in [6.07, 6.45) is 0.979. The summed E-state index contributed by atoms with van der Waals surface area (Å²) in [7, 11) is 3.38. The first-order valence-corrected chi connectivity index (χ1v) is 8.98. The first-order chi connectivity index (χ1) is 12.8. The van der Waals surface area contributed by atoms with Crippen molar-refractivity contribution in [2.24, 2.45) is 0 Å². The maximum Gasteiger partial charge on any atom is 0.166 e. The molecule has 1 aromatic heterocycles. The molecule has 4 rings (SSSR count). The Bertz CT molecular complexity index is 932.